The number of amides is 9. The van der Waals surface area contributed by atoms with Crippen LogP contribution >= 0.6 is 0 Å². The van der Waals surface area contributed by atoms with Gasteiger partial charge in [0.25, 0.3) is 11.8 Å². The zero-order chi connectivity index (χ0) is 63.4. The fourth-order valence-corrected chi connectivity index (χ4v) is 7.91. The van der Waals surface area contributed by atoms with Crippen molar-refractivity contribution in [1.29, 1.82) is 0 Å². The first-order valence-corrected chi connectivity index (χ1v) is 26.0. The highest BCUT2D eigenvalue weighted by Crippen LogP contribution is 2.19. The molecule has 0 aliphatic heterocycles. The number of hydrogen-bond acceptors (Lipinski definition) is 21. The lowest BCUT2D eigenvalue weighted by Gasteiger charge is -2.33. The van der Waals surface area contributed by atoms with Crippen molar-refractivity contribution in [3.63, 3.8) is 0 Å². The first kappa shape index (κ1) is 71.8. The van der Waals surface area contributed by atoms with E-state index in [9.17, 15) is 99.0 Å². The number of likely N-dealkylation sites (N-methyl/N-ethyl adjacent to an activating group) is 1. The number of carbonyl (C=O) groups excluding carboxylic acids is 9. The van der Waals surface area contributed by atoms with Gasteiger partial charge in [-0.3, -0.25) is 43.2 Å². The van der Waals surface area contributed by atoms with Crippen molar-refractivity contribution >= 4 is 59.1 Å². The summed E-state index contributed by atoms with van der Waals surface area (Å²) in [6, 6.07) is -4.36. The average Bonchev–Trinajstić information content (AvgIpc) is 4.11. The predicted octanol–water partition coefficient (Wildman–Crippen LogP) is -8.20. The van der Waals surface area contributed by atoms with E-state index in [-0.39, 0.29) is 24.5 Å². The van der Waals surface area contributed by atoms with E-state index in [1.165, 1.54) is 24.1 Å². The third-order valence-corrected chi connectivity index (χ3v) is 12.8. The number of nitrogens with zero attached hydrogens (tertiary/aromatic N) is 3. The molecule has 0 bridgehead atoms. The SMILES string of the molecule is COC(CNC(=O)C(NC(=O)C(O)C(C)O)C(O)c1cncn1C)C(O)C(O)C(=O)N(C)C(Cc1ccccc1)C(=O)NCC(=O)NC(C(=O)NC(CO)C(=O)NC(C(=O)NC(CC(C)C)C(=O)NC(CO)C(=O)O)C(C)(C)O)C(C)(C)O. The van der Waals surface area contributed by atoms with Crippen molar-refractivity contribution in [2.24, 2.45) is 13.0 Å². The van der Waals surface area contributed by atoms with E-state index in [0.717, 1.165) is 53.7 Å². The maximum Gasteiger partial charge on any atom is 0.328 e. The summed E-state index contributed by atoms with van der Waals surface area (Å²) in [5.41, 5.74) is -3.77. The van der Waals surface area contributed by atoms with E-state index < -0.39 is 176 Å². The largest absolute Gasteiger partial charge is 0.480 e. The van der Waals surface area contributed by atoms with Crippen LogP contribution < -0.4 is 42.5 Å². The van der Waals surface area contributed by atoms with E-state index in [2.05, 4.69) is 47.5 Å². The molecule has 32 nitrogen and oxygen atoms in total. The van der Waals surface area contributed by atoms with Crippen LogP contribution in [0.15, 0.2) is 42.9 Å². The lowest BCUT2D eigenvalue weighted by Crippen LogP contribution is -2.65. The molecule has 0 aliphatic carbocycles. The smallest absolute Gasteiger partial charge is 0.328 e. The Morgan fingerprint density at radius 1 is 0.675 bits per heavy atom. The minimum Gasteiger partial charge on any atom is -0.480 e. The summed E-state index contributed by atoms with van der Waals surface area (Å²) in [6.07, 6.45) is -9.40. The molecule has 13 atom stereocenters. The van der Waals surface area contributed by atoms with Crippen LogP contribution in [0.1, 0.15) is 72.2 Å². The number of carboxylic acids is 1. The lowest BCUT2D eigenvalue weighted by molar-refractivity contribution is -0.156. The van der Waals surface area contributed by atoms with Gasteiger partial charge in [0.05, 0.1) is 55.3 Å². The minimum atomic E-state index is -2.38. The van der Waals surface area contributed by atoms with Gasteiger partial charge in [-0.25, -0.2) is 9.78 Å². The van der Waals surface area contributed by atoms with Crippen molar-refractivity contribution in [3.05, 3.63) is 54.1 Å². The molecule has 13 unspecified atom stereocenters. The molecule has 1 aromatic carbocycles. The summed E-state index contributed by atoms with van der Waals surface area (Å²) in [6.45, 7) is 5.01. The zero-order valence-electron chi connectivity index (χ0n) is 47.7. The number of nitrogens with one attached hydrogen (secondary N) is 8. The van der Waals surface area contributed by atoms with Gasteiger partial charge in [0.1, 0.15) is 60.6 Å². The summed E-state index contributed by atoms with van der Waals surface area (Å²) in [5.74, 6) is -12.5. The molecular weight excluding hydrogens is 1100 g/mol. The first-order valence-electron chi connectivity index (χ1n) is 26.0. The number of carbonyl (C=O) groups is 10. The fraction of sp³-hybridized carbons (Fsp3) is 0.627. The first-order chi connectivity index (χ1) is 38.5. The fourth-order valence-electron chi connectivity index (χ4n) is 7.91. The van der Waals surface area contributed by atoms with Crippen molar-refractivity contribution in [2.75, 3.05) is 40.5 Å². The standard InChI is InChI=1S/C51H81N11O21/c1-24(2)16-27(41(71)57-29(22-64)49(79)80)55-47(77)40(51(6,7)82)60-42(72)28(21-63)56-46(76)39(50(4,5)81)58-33(66)20-54-43(73)30(17-26-14-12-11-13-15-26)62(9)48(78)38(70)37(69)32(83-10)19-53-44(74)34(59-45(75)35(67)25(3)65)36(68)31-18-52-23-61(31)8/h11-15,18,23-25,27-30,32,34-40,63-65,67-70,81-82H,16-17,19-22H2,1-10H3,(H,53,74)(H,54,73)(H,55,77)(H,56,76)(H,57,71)(H,58,66)(H,59,75)(H,60,72)(H,79,80). The Kier molecular flexibility index (Phi) is 28.2. The number of imidazole rings is 1. The van der Waals surface area contributed by atoms with Crippen LogP contribution in [0.3, 0.4) is 0 Å². The van der Waals surface area contributed by atoms with E-state index in [4.69, 9.17) is 4.74 Å². The summed E-state index contributed by atoms with van der Waals surface area (Å²) in [5, 5.41) is 122. The Bertz CT molecular complexity index is 2520. The van der Waals surface area contributed by atoms with Gasteiger partial charge in [-0.2, -0.15) is 0 Å². The summed E-state index contributed by atoms with van der Waals surface area (Å²) >= 11 is 0. The molecule has 18 N–H and O–H groups in total. The number of rotatable bonds is 34. The van der Waals surface area contributed by atoms with Crippen LogP contribution in [0.4, 0.5) is 0 Å². The van der Waals surface area contributed by atoms with Crippen LogP contribution in [-0.4, -0.2) is 249 Å². The third-order valence-electron chi connectivity index (χ3n) is 12.8. The van der Waals surface area contributed by atoms with Crippen LogP contribution in [0.2, 0.25) is 0 Å². The number of carboxylic acid groups (broad SMARTS) is 1. The molecule has 0 spiro atoms. The monoisotopic (exact) mass is 1180 g/mol. The third kappa shape index (κ3) is 21.8. The van der Waals surface area contributed by atoms with Gasteiger partial charge >= 0.3 is 5.97 Å². The molecule has 0 saturated heterocycles. The Balaban J connectivity index is 2.29. The van der Waals surface area contributed by atoms with E-state index in [1.54, 1.807) is 44.2 Å². The Labute approximate surface area is 477 Å². The minimum absolute atomic E-state index is 0.0311. The van der Waals surface area contributed by atoms with Crippen LogP contribution in [0, 0.1) is 5.92 Å². The summed E-state index contributed by atoms with van der Waals surface area (Å²) < 4.78 is 6.59. The maximum atomic E-state index is 14.0. The molecule has 32 heteroatoms. The van der Waals surface area contributed by atoms with Gasteiger partial charge in [0, 0.05) is 34.2 Å². The van der Waals surface area contributed by atoms with Gasteiger partial charge in [0.2, 0.25) is 41.4 Å². The second-order valence-corrected chi connectivity index (χ2v) is 21.1. The van der Waals surface area contributed by atoms with Gasteiger partial charge < -0.3 is 108 Å². The second kappa shape index (κ2) is 32.5. The van der Waals surface area contributed by atoms with Gasteiger partial charge in [-0.15, -0.1) is 0 Å². The van der Waals surface area contributed by atoms with Crippen LogP contribution in [0.25, 0.3) is 0 Å². The van der Waals surface area contributed by atoms with Crippen molar-refractivity contribution in [1.82, 2.24) is 57.0 Å². The predicted molar refractivity (Wildman–Crippen MR) is 287 cm³/mol. The summed E-state index contributed by atoms with van der Waals surface area (Å²) in [4.78, 5) is 137. The molecule has 2 aromatic rings. The van der Waals surface area contributed by atoms with E-state index >= 15 is 0 Å². The molecule has 9 amide bonds. The molecule has 0 saturated carbocycles. The van der Waals surface area contributed by atoms with Crippen molar-refractivity contribution in [3.8, 4) is 0 Å². The molecule has 1 aromatic heterocycles. The van der Waals surface area contributed by atoms with Crippen molar-refractivity contribution in [2.45, 2.75) is 151 Å². The molecule has 0 fully saturated rings. The number of aryl methyl sites for hydroxylation is 1. The van der Waals surface area contributed by atoms with Crippen LogP contribution in [0.5, 0.6) is 0 Å². The molecule has 466 valence electrons. The highest BCUT2D eigenvalue weighted by Gasteiger charge is 2.43. The molecule has 0 radical (unpaired) electrons. The van der Waals surface area contributed by atoms with Crippen molar-refractivity contribution < 1.29 is 104 Å². The van der Waals surface area contributed by atoms with E-state index in [0.29, 0.717) is 5.56 Å². The zero-order valence-corrected chi connectivity index (χ0v) is 47.7. The van der Waals surface area contributed by atoms with Gasteiger partial charge in [-0.1, -0.05) is 44.2 Å². The molecule has 0 aliphatic rings. The molecule has 1 heterocycles. The maximum absolute atomic E-state index is 14.0. The number of aliphatic hydroxyl groups excluding tert-OH is 7. The second-order valence-electron chi connectivity index (χ2n) is 21.1. The average molecular weight is 1180 g/mol. The quantitative estimate of drug-likeness (QED) is 0.0309. The molecule has 83 heavy (non-hydrogen) atoms. The Hall–Kier alpha value is -7.27. The lowest BCUT2D eigenvalue weighted by atomic mass is 9.95. The number of aliphatic carboxylic acids is 1. The normalized spacial score (nSPS) is 16.5. The van der Waals surface area contributed by atoms with E-state index in [1.807, 2.05) is 0 Å². The highest BCUT2D eigenvalue weighted by molar-refractivity contribution is 5.98. The number of benzene rings is 1. The van der Waals surface area contributed by atoms with Gasteiger partial charge in [-0.05, 0) is 52.5 Å². The summed E-state index contributed by atoms with van der Waals surface area (Å²) in [7, 11) is 3.61. The Morgan fingerprint density at radius 2 is 1.20 bits per heavy atom. The number of aromatic nitrogens is 2. The Morgan fingerprint density at radius 3 is 1.69 bits per heavy atom. The highest BCUT2D eigenvalue weighted by atomic mass is 16.5. The molecular formula is C51H81N11O21. The number of aliphatic hydroxyl groups is 9. The van der Waals surface area contributed by atoms with Crippen LogP contribution in [-0.2, 0) is 66.2 Å². The number of ether oxygens (including phenoxy) is 1. The topological polar surface area (TPSA) is 500 Å². The number of hydrogen-bond donors (Lipinski definition) is 18. The molecule has 2 rings (SSSR count). The number of methoxy groups -OCH3 is 1. The van der Waals surface area contributed by atoms with Gasteiger partial charge in [0.15, 0.2) is 12.2 Å².